The van der Waals surface area contributed by atoms with E-state index in [1.54, 1.807) is 4.90 Å². The summed E-state index contributed by atoms with van der Waals surface area (Å²) in [6.45, 7) is 10.0. The molecule has 2 nitrogen and oxygen atoms in total. The smallest absolute Gasteiger partial charge is 0.218 e. The van der Waals surface area contributed by atoms with Crippen molar-refractivity contribution < 1.29 is 4.79 Å². The fraction of sp³-hybridized carbons (Fsp3) is 0.316. The van der Waals surface area contributed by atoms with Gasteiger partial charge in [0.15, 0.2) is 0 Å². The van der Waals surface area contributed by atoms with Crippen molar-refractivity contribution in [1.29, 1.82) is 0 Å². The van der Waals surface area contributed by atoms with Crippen molar-refractivity contribution in [2.24, 2.45) is 0 Å². The fourth-order valence-corrected chi connectivity index (χ4v) is 1.82. The van der Waals surface area contributed by atoms with Crippen LogP contribution in [-0.2, 0) is 4.79 Å². The number of anilines is 1. The minimum atomic E-state index is 0.859. The van der Waals surface area contributed by atoms with Crippen LogP contribution in [0.1, 0.15) is 39.7 Å². The summed E-state index contributed by atoms with van der Waals surface area (Å²) in [6, 6.07) is 7.87. The number of para-hydroxylation sites is 1. The predicted molar refractivity (Wildman–Crippen MR) is 93.4 cm³/mol. The Hall–Kier alpha value is -2.09. The Bertz CT molecular complexity index is 498. The van der Waals surface area contributed by atoms with E-state index in [4.69, 9.17) is 0 Å². The number of carbonyl (C=O) groups is 1. The number of rotatable bonds is 3. The van der Waals surface area contributed by atoms with Crippen LogP contribution in [0.2, 0.25) is 0 Å². The maximum atomic E-state index is 11.3. The Balaban J connectivity index is 0.000000921. The molecule has 0 N–H and O–H groups in total. The maximum absolute atomic E-state index is 11.3. The molecule has 0 saturated heterocycles. The number of hydrogen-bond donors (Lipinski definition) is 0. The molecule has 0 fully saturated rings. The molecular formula is C19H27NO. The molecule has 0 saturated carbocycles. The van der Waals surface area contributed by atoms with Crippen molar-refractivity contribution >= 4 is 12.1 Å². The zero-order valence-electron chi connectivity index (χ0n) is 13.8. The second kappa shape index (κ2) is 11.7. The first-order valence-corrected chi connectivity index (χ1v) is 7.66. The number of carbonyl (C=O) groups excluding carboxylic acids is 1. The molecule has 0 radical (unpaired) electrons. The van der Waals surface area contributed by atoms with Crippen LogP contribution in [0.15, 0.2) is 60.3 Å². The first-order chi connectivity index (χ1) is 10.3. The Morgan fingerprint density at radius 2 is 1.71 bits per heavy atom. The number of aryl methyl sites for hydroxylation is 1. The second-order valence-corrected chi connectivity index (χ2v) is 3.92. The van der Waals surface area contributed by atoms with Gasteiger partial charge in [-0.25, -0.2) is 0 Å². The zero-order chi connectivity index (χ0) is 16.1. The Labute approximate surface area is 129 Å². The van der Waals surface area contributed by atoms with Gasteiger partial charge in [0.1, 0.15) is 0 Å². The van der Waals surface area contributed by atoms with Crippen molar-refractivity contribution in [3.8, 4) is 0 Å². The molecule has 2 heteroatoms. The monoisotopic (exact) mass is 285 g/mol. The highest BCUT2D eigenvalue weighted by Gasteiger charge is 2.10. The molecule has 1 aliphatic carbocycles. The van der Waals surface area contributed by atoms with Crippen LogP contribution in [0.5, 0.6) is 0 Å². The van der Waals surface area contributed by atoms with Crippen molar-refractivity contribution in [2.75, 3.05) is 4.90 Å². The molecule has 0 aromatic heterocycles. The Kier molecular flexibility index (Phi) is 10.5. The molecule has 1 aliphatic rings. The first-order valence-electron chi connectivity index (χ1n) is 7.66. The molecule has 0 atom stereocenters. The van der Waals surface area contributed by atoms with Gasteiger partial charge in [0.2, 0.25) is 6.41 Å². The van der Waals surface area contributed by atoms with E-state index in [0.717, 1.165) is 29.8 Å². The molecule has 1 amide bonds. The molecular weight excluding hydrogens is 258 g/mol. The quantitative estimate of drug-likeness (QED) is 0.680. The minimum absolute atomic E-state index is 0.859. The van der Waals surface area contributed by atoms with Crippen LogP contribution >= 0.6 is 0 Å². The average molecular weight is 285 g/mol. The molecule has 21 heavy (non-hydrogen) atoms. The number of benzene rings is 1. The lowest BCUT2D eigenvalue weighted by atomic mass is 10.1. The minimum Gasteiger partial charge on any atom is -0.283 e. The zero-order valence-corrected chi connectivity index (χ0v) is 13.8. The second-order valence-electron chi connectivity index (χ2n) is 3.92. The van der Waals surface area contributed by atoms with Crippen LogP contribution in [0, 0.1) is 6.92 Å². The molecule has 2 rings (SSSR count). The van der Waals surface area contributed by atoms with E-state index in [1.165, 1.54) is 0 Å². The lowest BCUT2D eigenvalue weighted by molar-refractivity contribution is -0.107. The summed E-state index contributed by atoms with van der Waals surface area (Å²) in [5.41, 5.74) is 2.90. The van der Waals surface area contributed by atoms with E-state index < -0.39 is 0 Å². The van der Waals surface area contributed by atoms with Crippen LogP contribution in [0.3, 0.4) is 0 Å². The van der Waals surface area contributed by atoms with Crippen molar-refractivity contribution in [3.05, 3.63) is 65.9 Å². The van der Waals surface area contributed by atoms with E-state index in [0.29, 0.717) is 0 Å². The number of nitrogens with zero attached hydrogens (tertiary/aromatic N) is 1. The van der Waals surface area contributed by atoms with E-state index in [-0.39, 0.29) is 0 Å². The highest BCUT2D eigenvalue weighted by atomic mass is 16.1. The molecule has 114 valence electrons. The molecule has 0 aliphatic heterocycles. The Morgan fingerprint density at radius 3 is 2.33 bits per heavy atom. The summed E-state index contributed by atoms with van der Waals surface area (Å²) in [7, 11) is 0. The van der Waals surface area contributed by atoms with Crippen molar-refractivity contribution in [1.82, 2.24) is 0 Å². The van der Waals surface area contributed by atoms with Crippen LogP contribution in [-0.4, -0.2) is 6.41 Å². The van der Waals surface area contributed by atoms with Gasteiger partial charge >= 0.3 is 0 Å². The van der Waals surface area contributed by atoms with Gasteiger partial charge < -0.3 is 0 Å². The van der Waals surface area contributed by atoms with Crippen molar-refractivity contribution in [3.63, 3.8) is 0 Å². The predicted octanol–water partition coefficient (Wildman–Crippen LogP) is 5.41. The average Bonchev–Trinajstić information content (AvgIpc) is 2.83. The summed E-state index contributed by atoms with van der Waals surface area (Å²) < 4.78 is 0. The highest BCUT2D eigenvalue weighted by Crippen LogP contribution is 2.23. The van der Waals surface area contributed by atoms with Gasteiger partial charge in [0, 0.05) is 5.70 Å². The molecule has 0 spiro atoms. The maximum Gasteiger partial charge on any atom is 0.218 e. The molecule has 0 unspecified atom stereocenters. The Morgan fingerprint density at radius 1 is 1.05 bits per heavy atom. The molecule has 0 bridgehead atoms. The van der Waals surface area contributed by atoms with E-state index >= 15 is 0 Å². The number of allylic oxidation sites excluding steroid dienone is 5. The van der Waals surface area contributed by atoms with Gasteiger partial charge in [-0.2, -0.15) is 0 Å². The third-order valence-corrected chi connectivity index (χ3v) is 2.72. The number of amides is 1. The largest absolute Gasteiger partial charge is 0.283 e. The van der Waals surface area contributed by atoms with Gasteiger partial charge in [0.05, 0.1) is 5.69 Å². The lowest BCUT2D eigenvalue weighted by Gasteiger charge is -2.20. The van der Waals surface area contributed by atoms with Gasteiger partial charge in [-0.3, -0.25) is 9.69 Å². The SMILES string of the molecule is CC.CC.Cc1ccccc1N(C=O)C1=CC=CCC=C1. The van der Waals surface area contributed by atoms with Crippen LogP contribution in [0.4, 0.5) is 5.69 Å². The van der Waals surface area contributed by atoms with E-state index in [1.807, 2.05) is 83.2 Å². The van der Waals surface area contributed by atoms with Crippen LogP contribution < -0.4 is 4.90 Å². The van der Waals surface area contributed by atoms with E-state index in [2.05, 4.69) is 6.08 Å². The van der Waals surface area contributed by atoms with Gasteiger partial charge in [-0.15, -0.1) is 0 Å². The van der Waals surface area contributed by atoms with Gasteiger partial charge in [-0.05, 0) is 37.1 Å². The lowest BCUT2D eigenvalue weighted by Crippen LogP contribution is -2.19. The normalized spacial score (nSPS) is 12.0. The topological polar surface area (TPSA) is 20.3 Å². The standard InChI is InChI=1S/C15H15NO.2C2H6/c1-13-8-6-7-11-15(13)16(12-17)14-9-4-2-3-5-10-14;2*1-2/h2,4-12H,3H2,1H3;2*1-2H3. The molecule has 0 heterocycles. The van der Waals surface area contributed by atoms with E-state index in [9.17, 15) is 4.79 Å². The summed E-state index contributed by atoms with van der Waals surface area (Å²) in [5.74, 6) is 0. The third kappa shape index (κ3) is 5.82. The summed E-state index contributed by atoms with van der Waals surface area (Å²) >= 11 is 0. The fourth-order valence-electron chi connectivity index (χ4n) is 1.82. The molecule has 1 aromatic carbocycles. The van der Waals surface area contributed by atoms with Crippen LogP contribution in [0.25, 0.3) is 0 Å². The highest BCUT2D eigenvalue weighted by molar-refractivity contribution is 5.82. The first kappa shape index (κ1) is 18.9. The summed E-state index contributed by atoms with van der Waals surface area (Å²) in [4.78, 5) is 13.0. The molecule has 1 aromatic rings. The summed E-state index contributed by atoms with van der Waals surface area (Å²) in [5, 5.41) is 0. The van der Waals surface area contributed by atoms with Crippen molar-refractivity contribution in [2.45, 2.75) is 41.0 Å². The third-order valence-electron chi connectivity index (χ3n) is 2.72. The summed E-state index contributed by atoms with van der Waals surface area (Å²) in [6.07, 6.45) is 11.8. The van der Waals surface area contributed by atoms with Gasteiger partial charge in [0.25, 0.3) is 0 Å². The van der Waals surface area contributed by atoms with Gasteiger partial charge in [-0.1, -0.05) is 64.1 Å². The number of hydrogen-bond acceptors (Lipinski definition) is 1.